The fourth-order valence-electron chi connectivity index (χ4n) is 1.23. The van der Waals surface area contributed by atoms with E-state index in [0.717, 1.165) is 12.8 Å². The van der Waals surface area contributed by atoms with E-state index in [2.05, 4.69) is 24.3 Å². The van der Waals surface area contributed by atoms with E-state index in [4.69, 9.17) is 16.3 Å². The van der Waals surface area contributed by atoms with E-state index in [-0.39, 0.29) is 6.10 Å². The Morgan fingerprint density at radius 3 is 2.54 bits per heavy atom. The molecule has 1 aromatic rings. The molecule has 0 aliphatic rings. The number of methoxy groups -OCH3 is 1. The van der Waals surface area contributed by atoms with Gasteiger partial charge in [0.25, 0.3) is 0 Å². The van der Waals surface area contributed by atoms with Crippen molar-refractivity contribution in [1.82, 2.24) is 0 Å². The van der Waals surface area contributed by atoms with Crippen LogP contribution in [0.5, 0.6) is 0 Å². The molecule has 0 aliphatic carbocycles. The van der Waals surface area contributed by atoms with E-state index in [9.17, 15) is 0 Å². The second-order valence-electron chi connectivity index (χ2n) is 3.04. The van der Waals surface area contributed by atoms with Gasteiger partial charge >= 0.3 is 0 Å². The third-order valence-electron chi connectivity index (χ3n) is 2.10. The lowest BCUT2D eigenvalue weighted by molar-refractivity contribution is 0.114. The van der Waals surface area contributed by atoms with Gasteiger partial charge in [-0.05, 0) is 18.4 Å². The third-order valence-corrected chi connectivity index (χ3v) is 2.45. The minimum atomic E-state index is 0.182. The molecule has 0 aliphatic heterocycles. The van der Waals surface area contributed by atoms with Crippen molar-refractivity contribution >= 4 is 11.6 Å². The van der Waals surface area contributed by atoms with Crippen molar-refractivity contribution in [2.24, 2.45) is 0 Å². The minimum absolute atomic E-state index is 0.182. The molecule has 0 amide bonds. The number of rotatable bonds is 5. The smallest absolute Gasteiger partial charge is 0.0709 e. The van der Waals surface area contributed by atoms with Crippen LogP contribution in [0.3, 0.4) is 0 Å². The van der Waals surface area contributed by atoms with Crippen LogP contribution in [0.25, 0.3) is 0 Å². The van der Waals surface area contributed by atoms with Crippen LogP contribution in [0.15, 0.2) is 30.3 Å². The maximum absolute atomic E-state index is 5.71. The summed E-state index contributed by atoms with van der Waals surface area (Å²) in [5.74, 6) is 0.573. The molecule has 1 atom stereocenters. The summed E-state index contributed by atoms with van der Waals surface area (Å²) < 4.78 is 5.19. The van der Waals surface area contributed by atoms with Crippen LogP contribution >= 0.6 is 11.6 Å². The Labute approximate surface area is 84.7 Å². The molecule has 13 heavy (non-hydrogen) atoms. The molecular formula is C11H15ClO. The van der Waals surface area contributed by atoms with E-state index >= 15 is 0 Å². The van der Waals surface area contributed by atoms with Crippen molar-refractivity contribution < 1.29 is 4.74 Å². The van der Waals surface area contributed by atoms with Crippen molar-refractivity contribution in [2.75, 3.05) is 13.0 Å². The average molecular weight is 199 g/mol. The fraction of sp³-hybridized carbons (Fsp3) is 0.455. The van der Waals surface area contributed by atoms with Crippen LogP contribution in [0.1, 0.15) is 12.0 Å². The molecule has 1 nitrogen and oxygen atoms in total. The van der Waals surface area contributed by atoms with Gasteiger partial charge in [0.1, 0.15) is 0 Å². The normalized spacial score (nSPS) is 12.8. The fourth-order valence-corrected chi connectivity index (χ4v) is 1.51. The monoisotopic (exact) mass is 198 g/mol. The molecule has 0 saturated heterocycles. The molecule has 1 aromatic carbocycles. The molecule has 0 aromatic heterocycles. The number of benzene rings is 1. The first-order valence-corrected chi connectivity index (χ1v) is 5.03. The van der Waals surface area contributed by atoms with Gasteiger partial charge in [-0.15, -0.1) is 11.6 Å². The van der Waals surface area contributed by atoms with Crippen molar-refractivity contribution in [3.8, 4) is 0 Å². The molecule has 1 unspecified atom stereocenters. The van der Waals surface area contributed by atoms with E-state index < -0.39 is 0 Å². The second kappa shape index (κ2) is 6.01. The maximum atomic E-state index is 5.71. The summed E-state index contributed by atoms with van der Waals surface area (Å²) >= 11 is 5.71. The molecule has 0 fully saturated rings. The number of halogens is 1. The molecule has 0 bridgehead atoms. The molecule has 2 heteroatoms. The van der Waals surface area contributed by atoms with E-state index in [0.29, 0.717) is 5.88 Å². The van der Waals surface area contributed by atoms with Crippen LogP contribution < -0.4 is 0 Å². The maximum Gasteiger partial charge on any atom is 0.0709 e. The Hall–Kier alpha value is -0.530. The largest absolute Gasteiger partial charge is 0.380 e. The van der Waals surface area contributed by atoms with Gasteiger partial charge in [0, 0.05) is 13.0 Å². The lowest BCUT2D eigenvalue weighted by Crippen LogP contribution is -2.13. The zero-order valence-corrected chi connectivity index (χ0v) is 8.63. The van der Waals surface area contributed by atoms with Crippen molar-refractivity contribution in [3.05, 3.63) is 35.9 Å². The highest BCUT2D eigenvalue weighted by Gasteiger charge is 2.04. The lowest BCUT2D eigenvalue weighted by atomic mass is 10.1. The second-order valence-corrected chi connectivity index (χ2v) is 3.34. The van der Waals surface area contributed by atoms with E-state index in [1.807, 2.05) is 6.07 Å². The van der Waals surface area contributed by atoms with Crippen molar-refractivity contribution in [1.29, 1.82) is 0 Å². The molecule has 1 rings (SSSR count). The van der Waals surface area contributed by atoms with Gasteiger partial charge in [-0.2, -0.15) is 0 Å². The van der Waals surface area contributed by atoms with E-state index in [1.165, 1.54) is 5.56 Å². The number of hydrogen-bond acceptors (Lipinski definition) is 1. The average Bonchev–Trinajstić information content (AvgIpc) is 2.21. The minimum Gasteiger partial charge on any atom is -0.380 e. The first-order valence-electron chi connectivity index (χ1n) is 4.49. The zero-order valence-electron chi connectivity index (χ0n) is 7.87. The molecule has 0 N–H and O–H groups in total. The van der Waals surface area contributed by atoms with Crippen LogP contribution in [-0.4, -0.2) is 19.1 Å². The van der Waals surface area contributed by atoms with Gasteiger partial charge in [0.05, 0.1) is 6.10 Å². The van der Waals surface area contributed by atoms with Gasteiger partial charge in [-0.25, -0.2) is 0 Å². The Morgan fingerprint density at radius 2 is 2.00 bits per heavy atom. The summed E-state index contributed by atoms with van der Waals surface area (Å²) in [5, 5.41) is 0. The third kappa shape index (κ3) is 3.79. The molecule has 0 radical (unpaired) electrons. The molecule has 0 spiro atoms. The molecule has 0 saturated carbocycles. The first kappa shape index (κ1) is 10.6. The summed E-state index contributed by atoms with van der Waals surface area (Å²) in [6.45, 7) is 0. The predicted molar refractivity (Wildman–Crippen MR) is 56.3 cm³/mol. The highest BCUT2D eigenvalue weighted by atomic mass is 35.5. The van der Waals surface area contributed by atoms with Crippen molar-refractivity contribution in [2.45, 2.75) is 18.9 Å². The number of alkyl halides is 1. The van der Waals surface area contributed by atoms with Gasteiger partial charge < -0.3 is 4.74 Å². The van der Waals surface area contributed by atoms with Crippen LogP contribution in [0, 0.1) is 0 Å². The standard InChI is InChI=1S/C11H15ClO/c1-13-11(9-12)8-7-10-5-3-2-4-6-10/h2-6,11H,7-9H2,1H3. The van der Waals surface area contributed by atoms with Gasteiger partial charge in [-0.3, -0.25) is 0 Å². The first-order chi connectivity index (χ1) is 6.36. The number of ether oxygens (including phenoxy) is 1. The zero-order chi connectivity index (χ0) is 9.52. The van der Waals surface area contributed by atoms with Crippen LogP contribution in [0.2, 0.25) is 0 Å². The molecular weight excluding hydrogens is 184 g/mol. The summed E-state index contributed by atoms with van der Waals surface area (Å²) in [6.07, 6.45) is 2.21. The topological polar surface area (TPSA) is 9.23 Å². The summed E-state index contributed by atoms with van der Waals surface area (Å²) in [6, 6.07) is 10.4. The summed E-state index contributed by atoms with van der Waals surface area (Å²) in [5.41, 5.74) is 1.34. The Balaban J connectivity index is 2.34. The number of hydrogen-bond donors (Lipinski definition) is 0. The predicted octanol–water partition coefficient (Wildman–Crippen LogP) is 2.87. The summed E-state index contributed by atoms with van der Waals surface area (Å²) in [7, 11) is 1.71. The lowest BCUT2D eigenvalue weighted by Gasteiger charge is -2.11. The Kier molecular flexibility index (Phi) is 4.87. The highest BCUT2D eigenvalue weighted by molar-refractivity contribution is 6.18. The van der Waals surface area contributed by atoms with Gasteiger partial charge in [0.2, 0.25) is 0 Å². The highest BCUT2D eigenvalue weighted by Crippen LogP contribution is 2.07. The van der Waals surface area contributed by atoms with Crippen molar-refractivity contribution in [3.63, 3.8) is 0 Å². The van der Waals surface area contributed by atoms with Crippen LogP contribution in [-0.2, 0) is 11.2 Å². The van der Waals surface area contributed by atoms with E-state index in [1.54, 1.807) is 7.11 Å². The Bertz CT molecular complexity index is 219. The molecule has 72 valence electrons. The van der Waals surface area contributed by atoms with Gasteiger partial charge in [0.15, 0.2) is 0 Å². The SMILES string of the molecule is COC(CCl)CCc1ccccc1. The quantitative estimate of drug-likeness (QED) is 0.662. The van der Waals surface area contributed by atoms with Gasteiger partial charge in [-0.1, -0.05) is 30.3 Å². The number of aryl methyl sites for hydroxylation is 1. The van der Waals surface area contributed by atoms with Crippen LogP contribution in [0.4, 0.5) is 0 Å². The summed E-state index contributed by atoms with van der Waals surface area (Å²) in [4.78, 5) is 0. The molecule has 0 heterocycles. The Morgan fingerprint density at radius 1 is 1.31 bits per heavy atom.